The topological polar surface area (TPSA) is 111 Å². The molecule has 0 radical (unpaired) electrons. The minimum atomic E-state index is -0.838. The van der Waals surface area contributed by atoms with Gasteiger partial charge in [-0.2, -0.15) is 5.26 Å². The zero-order valence-electron chi connectivity index (χ0n) is 14.0. The van der Waals surface area contributed by atoms with Crippen LogP contribution < -0.4 is 16.4 Å². The van der Waals surface area contributed by atoms with Crippen molar-refractivity contribution in [3.8, 4) is 6.07 Å². The van der Waals surface area contributed by atoms with Gasteiger partial charge < -0.3 is 21.3 Å². The summed E-state index contributed by atoms with van der Waals surface area (Å²) in [6.07, 6.45) is 0.925. The van der Waals surface area contributed by atoms with Crippen LogP contribution in [0.1, 0.15) is 37.0 Å². The summed E-state index contributed by atoms with van der Waals surface area (Å²) in [5.41, 5.74) is 6.14. The normalized spacial score (nSPS) is 16.4. The fraction of sp³-hybridized carbons (Fsp3) is 0.471. The van der Waals surface area contributed by atoms with Crippen molar-refractivity contribution in [3.63, 3.8) is 0 Å². The summed E-state index contributed by atoms with van der Waals surface area (Å²) in [6.45, 7) is 4.64. The fourth-order valence-corrected chi connectivity index (χ4v) is 2.56. The summed E-state index contributed by atoms with van der Waals surface area (Å²) < 4.78 is 0. The Morgan fingerprint density at radius 3 is 2.58 bits per heavy atom. The van der Waals surface area contributed by atoms with Crippen molar-refractivity contribution in [2.45, 2.75) is 38.3 Å². The lowest BCUT2D eigenvalue weighted by atomic mass is 9.90. The Bertz CT molecular complexity index is 657. The monoisotopic (exact) mass is 329 g/mol. The van der Waals surface area contributed by atoms with E-state index >= 15 is 0 Å². The summed E-state index contributed by atoms with van der Waals surface area (Å²) in [4.78, 5) is 26.0. The van der Waals surface area contributed by atoms with Crippen molar-refractivity contribution >= 4 is 17.6 Å². The average molecular weight is 329 g/mol. The number of amides is 3. The molecule has 1 heterocycles. The molecule has 0 bridgehead atoms. The third-order valence-corrected chi connectivity index (χ3v) is 3.95. The number of piperidine rings is 1. The van der Waals surface area contributed by atoms with Crippen LogP contribution in [0.4, 0.5) is 10.5 Å². The van der Waals surface area contributed by atoms with E-state index in [1.807, 2.05) is 13.8 Å². The molecule has 0 saturated carbocycles. The molecule has 0 atom stereocenters. The van der Waals surface area contributed by atoms with Gasteiger partial charge in [-0.15, -0.1) is 0 Å². The Hall–Kier alpha value is -2.59. The zero-order chi connectivity index (χ0) is 17.7. The van der Waals surface area contributed by atoms with Crippen molar-refractivity contribution in [2.24, 2.45) is 5.73 Å². The van der Waals surface area contributed by atoms with Crippen molar-refractivity contribution in [3.05, 3.63) is 29.8 Å². The second kappa shape index (κ2) is 7.32. The first-order chi connectivity index (χ1) is 11.3. The quantitative estimate of drug-likeness (QED) is 0.783. The number of anilines is 1. The molecule has 2 rings (SSSR count). The maximum atomic E-state index is 12.6. The highest BCUT2D eigenvalue weighted by Gasteiger charge is 2.32. The Morgan fingerprint density at radius 2 is 2.00 bits per heavy atom. The van der Waals surface area contributed by atoms with Gasteiger partial charge in [0.05, 0.1) is 6.07 Å². The Labute approximate surface area is 141 Å². The van der Waals surface area contributed by atoms with Gasteiger partial charge in [-0.25, -0.2) is 4.79 Å². The van der Waals surface area contributed by atoms with Gasteiger partial charge in [0.2, 0.25) is 0 Å². The largest absolute Gasteiger partial charge is 0.338 e. The van der Waals surface area contributed by atoms with Gasteiger partial charge in [0, 0.05) is 30.4 Å². The number of carbonyl (C=O) groups excluding carboxylic acids is 2. The Kier molecular flexibility index (Phi) is 5.42. The molecule has 1 saturated heterocycles. The molecular formula is C17H23N5O2. The molecule has 1 aromatic carbocycles. The molecule has 7 nitrogen and oxygen atoms in total. The van der Waals surface area contributed by atoms with Crippen LogP contribution in [0, 0.1) is 11.3 Å². The van der Waals surface area contributed by atoms with Crippen LogP contribution in [0.25, 0.3) is 0 Å². The van der Waals surface area contributed by atoms with E-state index in [-0.39, 0.29) is 18.0 Å². The summed E-state index contributed by atoms with van der Waals surface area (Å²) in [7, 11) is 0. The average Bonchev–Trinajstić information content (AvgIpc) is 2.54. The molecule has 7 heteroatoms. The van der Waals surface area contributed by atoms with Crippen LogP contribution in [0.2, 0.25) is 0 Å². The van der Waals surface area contributed by atoms with Crippen molar-refractivity contribution in [1.29, 1.82) is 5.26 Å². The molecule has 4 N–H and O–H groups in total. The Morgan fingerprint density at radius 1 is 1.33 bits per heavy atom. The first-order valence-corrected chi connectivity index (χ1v) is 8.00. The van der Waals surface area contributed by atoms with Crippen molar-refractivity contribution < 1.29 is 9.59 Å². The number of benzene rings is 1. The predicted molar refractivity (Wildman–Crippen MR) is 91.4 cm³/mol. The number of carbonyl (C=O) groups is 2. The summed E-state index contributed by atoms with van der Waals surface area (Å²) in [6, 6.07) is 8.64. The third kappa shape index (κ3) is 4.46. The maximum Gasteiger partial charge on any atom is 0.319 e. The lowest BCUT2D eigenvalue weighted by Crippen LogP contribution is -2.50. The van der Waals surface area contributed by atoms with Gasteiger partial charge >= 0.3 is 6.03 Å². The number of nitrogens with two attached hydrogens (primary N) is 1. The second-order valence-corrected chi connectivity index (χ2v) is 6.39. The first kappa shape index (κ1) is 17.8. The van der Waals surface area contributed by atoms with E-state index in [0.29, 0.717) is 37.2 Å². The third-order valence-electron chi connectivity index (χ3n) is 3.95. The number of nitriles is 1. The van der Waals surface area contributed by atoms with Crippen LogP contribution in [-0.2, 0) is 0 Å². The first-order valence-electron chi connectivity index (χ1n) is 8.00. The predicted octanol–water partition coefficient (Wildman–Crippen LogP) is 1.67. The number of rotatable bonds is 3. The molecule has 3 amide bonds. The zero-order valence-corrected chi connectivity index (χ0v) is 14.0. The number of urea groups is 1. The smallest absolute Gasteiger partial charge is 0.319 e. The van der Waals surface area contributed by atoms with Gasteiger partial charge in [0.25, 0.3) is 5.91 Å². The molecule has 24 heavy (non-hydrogen) atoms. The van der Waals surface area contributed by atoms with Crippen LogP contribution >= 0.6 is 0 Å². The number of nitrogens with zero attached hydrogens (tertiary/aromatic N) is 2. The standard InChI is InChI=1S/C17H23N5O2/c1-12(2)20-16(24)21-14-5-3-4-13(10-14)15(23)22-8-6-17(19,11-18)7-9-22/h3-5,10,12H,6-9,19H2,1-2H3,(H2,20,21,24). The van der Waals surface area contributed by atoms with E-state index in [9.17, 15) is 9.59 Å². The summed E-state index contributed by atoms with van der Waals surface area (Å²) in [5, 5.41) is 14.5. The molecule has 1 aromatic rings. The van der Waals surface area contributed by atoms with Crippen LogP contribution in [0.5, 0.6) is 0 Å². The fourth-order valence-electron chi connectivity index (χ4n) is 2.56. The highest BCUT2D eigenvalue weighted by Crippen LogP contribution is 2.21. The van der Waals surface area contributed by atoms with Gasteiger partial charge in [-0.1, -0.05) is 6.07 Å². The van der Waals surface area contributed by atoms with Gasteiger partial charge in [-0.05, 0) is 44.9 Å². The van der Waals surface area contributed by atoms with E-state index in [2.05, 4.69) is 16.7 Å². The van der Waals surface area contributed by atoms with Gasteiger partial charge in [-0.3, -0.25) is 4.79 Å². The molecule has 0 spiro atoms. The van der Waals surface area contributed by atoms with Crippen LogP contribution in [-0.4, -0.2) is 41.5 Å². The molecule has 1 aliphatic rings. The molecule has 128 valence electrons. The number of hydrogen-bond acceptors (Lipinski definition) is 4. The van der Waals surface area contributed by atoms with Crippen LogP contribution in [0.15, 0.2) is 24.3 Å². The van der Waals surface area contributed by atoms with E-state index in [0.717, 1.165) is 0 Å². The molecule has 0 unspecified atom stereocenters. The van der Waals surface area contributed by atoms with E-state index in [1.165, 1.54) is 0 Å². The summed E-state index contributed by atoms with van der Waals surface area (Å²) >= 11 is 0. The minimum absolute atomic E-state index is 0.0276. The number of nitrogens with one attached hydrogen (secondary N) is 2. The van der Waals surface area contributed by atoms with E-state index in [1.54, 1.807) is 29.2 Å². The molecule has 0 aliphatic carbocycles. The summed E-state index contributed by atoms with van der Waals surface area (Å²) in [5.74, 6) is -0.122. The van der Waals surface area contributed by atoms with Crippen molar-refractivity contribution in [2.75, 3.05) is 18.4 Å². The maximum absolute atomic E-state index is 12.6. The van der Waals surface area contributed by atoms with Crippen molar-refractivity contribution in [1.82, 2.24) is 10.2 Å². The van der Waals surface area contributed by atoms with E-state index in [4.69, 9.17) is 11.0 Å². The highest BCUT2D eigenvalue weighted by molar-refractivity contribution is 5.97. The SMILES string of the molecule is CC(C)NC(=O)Nc1cccc(C(=O)N2CCC(N)(C#N)CC2)c1. The second-order valence-electron chi connectivity index (χ2n) is 6.39. The van der Waals surface area contributed by atoms with Gasteiger partial charge in [0.1, 0.15) is 5.54 Å². The number of likely N-dealkylation sites (tertiary alicyclic amines) is 1. The molecular weight excluding hydrogens is 306 g/mol. The Balaban J connectivity index is 2.02. The van der Waals surface area contributed by atoms with E-state index < -0.39 is 5.54 Å². The molecule has 1 aliphatic heterocycles. The lowest BCUT2D eigenvalue weighted by molar-refractivity contribution is 0.0695. The minimum Gasteiger partial charge on any atom is -0.338 e. The molecule has 0 aromatic heterocycles. The lowest BCUT2D eigenvalue weighted by Gasteiger charge is -2.34. The highest BCUT2D eigenvalue weighted by atomic mass is 16.2. The molecule has 1 fully saturated rings. The van der Waals surface area contributed by atoms with Gasteiger partial charge in [0.15, 0.2) is 0 Å². The number of hydrogen-bond donors (Lipinski definition) is 3. The van der Waals surface area contributed by atoms with Crippen LogP contribution in [0.3, 0.4) is 0 Å².